The Hall–Kier alpha value is -1.23. The van der Waals surface area contributed by atoms with Crippen LogP contribution in [0.1, 0.15) is 41.9 Å². The first-order chi connectivity index (χ1) is 14.7. The summed E-state index contributed by atoms with van der Waals surface area (Å²) in [5.41, 5.74) is 2.33. The number of aliphatic hydroxyl groups is 1. The van der Waals surface area contributed by atoms with Gasteiger partial charge in [0.25, 0.3) is 0 Å². The Kier molecular flexibility index (Phi) is 11.8. The maximum Gasteiger partial charge on any atom is 0.191 e. The Morgan fingerprint density at radius 3 is 2.61 bits per heavy atom. The van der Waals surface area contributed by atoms with Crippen molar-refractivity contribution >= 4 is 41.3 Å². The first-order valence-electron chi connectivity index (χ1n) is 11.0. The van der Waals surface area contributed by atoms with Gasteiger partial charge in [-0.1, -0.05) is 30.3 Å². The zero-order chi connectivity index (χ0) is 21.2. The molecule has 2 heterocycles. The first kappa shape index (κ1) is 26.0. The summed E-state index contributed by atoms with van der Waals surface area (Å²) < 4.78 is 0. The van der Waals surface area contributed by atoms with Gasteiger partial charge in [0.2, 0.25) is 0 Å². The fourth-order valence-electron chi connectivity index (χ4n) is 3.84. The smallest absolute Gasteiger partial charge is 0.191 e. The molecular formula is C23H36IN5OS. The summed E-state index contributed by atoms with van der Waals surface area (Å²) in [4.78, 5) is 11.8. The van der Waals surface area contributed by atoms with Crippen molar-refractivity contribution in [2.24, 2.45) is 10.9 Å². The Labute approximate surface area is 207 Å². The molecule has 0 saturated carbocycles. The van der Waals surface area contributed by atoms with E-state index in [0.29, 0.717) is 12.5 Å². The van der Waals surface area contributed by atoms with E-state index in [1.165, 1.54) is 18.5 Å². The molecule has 0 aliphatic carbocycles. The summed E-state index contributed by atoms with van der Waals surface area (Å²) in [6.07, 6.45) is 2.39. The quantitative estimate of drug-likeness (QED) is 0.250. The highest BCUT2D eigenvalue weighted by Crippen LogP contribution is 2.19. The molecule has 1 atom stereocenters. The zero-order valence-electron chi connectivity index (χ0n) is 18.6. The molecule has 172 valence electrons. The number of aliphatic imine (C=N–C) groups is 1. The van der Waals surface area contributed by atoms with Crippen LogP contribution in [0.5, 0.6) is 0 Å². The lowest BCUT2D eigenvalue weighted by molar-refractivity contribution is 0.176. The van der Waals surface area contributed by atoms with Gasteiger partial charge in [-0.15, -0.1) is 35.3 Å². The largest absolute Gasteiger partial charge is 0.396 e. The number of nitrogens with one attached hydrogen (secondary N) is 2. The molecule has 31 heavy (non-hydrogen) atoms. The highest BCUT2D eigenvalue weighted by atomic mass is 127. The molecule has 3 N–H and O–H groups in total. The summed E-state index contributed by atoms with van der Waals surface area (Å²) in [6.45, 7) is 9.79. The van der Waals surface area contributed by atoms with Crippen LogP contribution in [-0.2, 0) is 6.54 Å². The molecule has 1 saturated heterocycles. The van der Waals surface area contributed by atoms with Gasteiger partial charge in [0.15, 0.2) is 5.96 Å². The molecule has 0 amide bonds. The van der Waals surface area contributed by atoms with Gasteiger partial charge in [0.1, 0.15) is 0 Å². The van der Waals surface area contributed by atoms with Crippen LogP contribution in [0.4, 0.5) is 0 Å². The van der Waals surface area contributed by atoms with Crippen LogP contribution in [0.2, 0.25) is 0 Å². The van der Waals surface area contributed by atoms with Crippen molar-refractivity contribution in [3.8, 4) is 0 Å². The molecule has 0 spiro atoms. The van der Waals surface area contributed by atoms with Crippen molar-refractivity contribution in [1.29, 1.82) is 0 Å². The first-order valence-corrected chi connectivity index (χ1v) is 11.9. The van der Waals surface area contributed by atoms with Gasteiger partial charge in [-0.2, -0.15) is 0 Å². The van der Waals surface area contributed by atoms with E-state index in [0.717, 1.165) is 49.3 Å². The minimum Gasteiger partial charge on any atom is -0.396 e. The fraction of sp³-hybridized carbons (Fsp3) is 0.565. The minimum absolute atomic E-state index is 0. The molecule has 3 rings (SSSR count). The van der Waals surface area contributed by atoms with Crippen LogP contribution >= 0.6 is 35.3 Å². The Morgan fingerprint density at radius 2 is 2.00 bits per heavy atom. The molecule has 1 fully saturated rings. The van der Waals surface area contributed by atoms with Crippen molar-refractivity contribution in [3.05, 3.63) is 52.0 Å². The number of thiazole rings is 1. The molecule has 1 aromatic heterocycles. The fourth-order valence-corrected chi connectivity index (χ4v) is 4.44. The number of aromatic nitrogens is 1. The van der Waals surface area contributed by atoms with Crippen molar-refractivity contribution in [2.45, 2.75) is 39.2 Å². The predicted octanol–water partition coefficient (Wildman–Crippen LogP) is 3.61. The summed E-state index contributed by atoms with van der Waals surface area (Å²) in [5, 5.41) is 19.9. The second kappa shape index (κ2) is 14.0. The number of hydrogen-bond acceptors (Lipinski definition) is 5. The predicted molar refractivity (Wildman–Crippen MR) is 141 cm³/mol. The van der Waals surface area contributed by atoms with Crippen molar-refractivity contribution in [2.75, 3.05) is 39.3 Å². The molecule has 8 heteroatoms. The van der Waals surface area contributed by atoms with Crippen molar-refractivity contribution in [3.63, 3.8) is 0 Å². The molecule has 0 bridgehead atoms. The average molecular weight is 558 g/mol. The molecular weight excluding hydrogens is 521 g/mol. The number of piperidine rings is 1. The molecule has 6 nitrogen and oxygen atoms in total. The molecule has 1 unspecified atom stereocenters. The number of hydrogen-bond donors (Lipinski definition) is 3. The van der Waals surface area contributed by atoms with E-state index in [1.54, 1.807) is 11.3 Å². The van der Waals surface area contributed by atoms with Gasteiger partial charge < -0.3 is 15.7 Å². The molecule has 1 aliphatic heterocycles. The standard InChI is InChI=1S/C23H35N5OS.HI/c1-3-24-23(26-14-21(16-29)20-7-5-4-6-8-20)25-13-19-9-11-28(12-10-19)15-22-17-30-18(2)27-22;/h4-8,17,19,21,29H,3,9-16H2,1-2H3,(H2,24,25,26);1H. The maximum atomic E-state index is 9.77. The highest BCUT2D eigenvalue weighted by molar-refractivity contribution is 14.0. The summed E-state index contributed by atoms with van der Waals surface area (Å²) >= 11 is 1.73. The normalized spacial score (nSPS) is 16.5. The van der Waals surface area contributed by atoms with Crippen LogP contribution in [0.3, 0.4) is 0 Å². The lowest BCUT2D eigenvalue weighted by Gasteiger charge is -2.31. The number of guanidine groups is 1. The second-order valence-corrected chi connectivity index (χ2v) is 9.03. The van der Waals surface area contributed by atoms with Gasteiger partial charge in [0, 0.05) is 30.9 Å². The maximum absolute atomic E-state index is 9.77. The van der Waals surface area contributed by atoms with Crippen molar-refractivity contribution in [1.82, 2.24) is 20.5 Å². The second-order valence-electron chi connectivity index (χ2n) is 7.97. The number of halogens is 1. The third-order valence-corrected chi connectivity index (χ3v) is 6.45. The van der Waals surface area contributed by atoms with E-state index in [2.05, 4.69) is 51.9 Å². The topological polar surface area (TPSA) is 72.8 Å². The molecule has 0 radical (unpaired) electrons. The number of aliphatic hydroxyl groups excluding tert-OH is 1. The molecule has 1 aromatic carbocycles. The number of nitrogens with zero attached hydrogens (tertiary/aromatic N) is 3. The van der Waals surface area contributed by atoms with E-state index in [-0.39, 0.29) is 36.5 Å². The lowest BCUT2D eigenvalue weighted by Crippen LogP contribution is -2.43. The number of benzene rings is 1. The van der Waals surface area contributed by atoms with Crippen LogP contribution in [0.15, 0.2) is 40.7 Å². The van der Waals surface area contributed by atoms with Gasteiger partial charge in [-0.3, -0.25) is 9.89 Å². The molecule has 1 aliphatic rings. The SMILES string of the molecule is CCNC(=NCC(CO)c1ccccc1)NCC1CCN(Cc2csc(C)n2)CC1.I. The van der Waals surface area contributed by atoms with E-state index < -0.39 is 0 Å². The van der Waals surface area contributed by atoms with Crippen LogP contribution in [-0.4, -0.2) is 60.3 Å². The number of likely N-dealkylation sites (tertiary alicyclic amines) is 1. The summed E-state index contributed by atoms with van der Waals surface area (Å²) in [6, 6.07) is 10.1. The Bertz CT molecular complexity index is 777. The van der Waals surface area contributed by atoms with Gasteiger partial charge in [0.05, 0.1) is 23.9 Å². The third-order valence-electron chi connectivity index (χ3n) is 5.62. The van der Waals surface area contributed by atoms with Gasteiger partial charge in [-0.25, -0.2) is 4.98 Å². The monoisotopic (exact) mass is 557 g/mol. The number of aryl methyl sites for hydroxylation is 1. The van der Waals surface area contributed by atoms with Crippen LogP contribution < -0.4 is 10.6 Å². The van der Waals surface area contributed by atoms with Crippen LogP contribution in [0.25, 0.3) is 0 Å². The third kappa shape index (κ3) is 8.67. The van der Waals surface area contributed by atoms with Gasteiger partial charge >= 0.3 is 0 Å². The van der Waals surface area contributed by atoms with E-state index in [9.17, 15) is 5.11 Å². The van der Waals surface area contributed by atoms with Crippen LogP contribution in [0, 0.1) is 12.8 Å². The van der Waals surface area contributed by atoms with E-state index in [4.69, 9.17) is 4.99 Å². The summed E-state index contributed by atoms with van der Waals surface area (Å²) in [7, 11) is 0. The van der Waals surface area contributed by atoms with E-state index in [1.807, 2.05) is 18.2 Å². The van der Waals surface area contributed by atoms with Gasteiger partial charge in [-0.05, 0) is 51.3 Å². The minimum atomic E-state index is 0. The van der Waals surface area contributed by atoms with Crippen molar-refractivity contribution < 1.29 is 5.11 Å². The Morgan fingerprint density at radius 1 is 1.26 bits per heavy atom. The highest BCUT2D eigenvalue weighted by Gasteiger charge is 2.20. The average Bonchev–Trinajstić information content (AvgIpc) is 3.18. The Balaban J connectivity index is 0.00000341. The zero-order valence-corrected chi connectivity index (χ0v) is 21.7. The number of rotatable bonds is 9. The lowest BCUT2D eigenvalue weighted by atomic mass is 9.97. The van der Waals surface area contributed by atoms with E-state index >= 15 is 0 Å². The summed E-state index contributed by atoms with van der Waals surface area (Å²) in [5.74, 6) is 1.52. The molecule has 2 aromatic rings.